The normalized spacial score (nSPS) is 9.18. The first-order valence-corrected chi connectivity index (χ1v) is 3.26. The summed E-state index contributed by atoms with van der Waals surface area (Å²) in [5.74, 6) is 0. The Hall–Kier alpha value is -1.33. The Morgan fingerprint density at radius 3 is 2.82 bits per heavy atom. The monoisotopic (exact) mass is 146 g/mol. The van der Waals surface area contributed by atoms with E-state index in [1.807, 2.05) is 19.1 Å². The maximum absolute atomic E-state index is 8.70. The minimum atomic E-state index is 0.498. The van der Waals surface area contributed by atoms with Gasteiger partial charge in [0.1, 0.15) is 6.61 Å². The van der Waals surface area contributed by atoms with Gasteiger partial charge in [-0.2, -0.15) is 5.26 Å². The molecular weight excluding hydrogens is 138 g/mol. The Kier molecular flexibility index (Phi) is 2.25. The fraction of sp³-hybridized carbons (Fsp3) is 0.111. The highest BCUT2D eigenvalue weighted by Gasteiger charge is 1.99. The molecule has 2 heteroatoms. The van der Waals surface area contributed by atoms with Crippen molar-refractivity contribution >= 4 is 0 Å². The van der Waals surface area contributed by atoms with Gasteiger partial charge in [0.05, 0.1) is 11.6 Å². The van der Waals surface area contributed by atoms with Gasteiger partial charge in [-0.25, -0.2) is 0 Å². The quantitative estimate of drug-likeness (QED) is 0.655. The van der Waals surface area contributed by atoms with Crippen molar-refractivity contribution in [1.29, 1.82) is 5.26 Å². The number of benzene rings is 1. The molecule has 0 spiro atoms. The summed E-state index contributed by atoms with van der Waals surface area (Å²) in [5, 5.41) is 17.3. The summed E-state index contributed by atoms with van der Waals surface area (Å²) in [5.41, 5.74) is 2.11. The van der Waals surface area contributed by atoms with Gasteiger partial charge in [0, 0.05) is 5.56 Å². The number of rotatable bonds is 1. The number of aliphatic hydroxyl groups excluding tert-OH is 1. The highest BCUT2D eigenvalue weighted by molar-refractivity contribution is 5.42. The predicted octanol–water partition coefficient (Wildman–Crippen LogP) is 1.75. The van der Waals surface area contributed by atoms with Crippen molar-refractivity contribution in [2.24, 2.45) is 0 Å². The second-order valence-electron chi connectivity index (χ2n) is 2.33. The summed E-state index contributed by atoms with van der Waals surface area (Å²) >= 11 is 0. The molecule has 1 aromatic carbocycles. The van der Waals surface area contributed by atoms with E-state index in [-0.39, 0.29) is 0 Å². The summed E-state index contributed by atoms with van der Waals surface area (Å²) in [7, 11) is 0. The molecule has 1 rings (SSSR count). The predicted molar refractivity (Wildman–Crippen MR) is 41.2 cm³/mol. The Labute approximate surface area is 65.7 Å². The first-order valence-electron chi connectivity index (χ1n) is 3.26. The van der Waals surface area contributed by atoms with Crippen LogP contribution in [0.3, 0.4) is 0 Å². The maximum atomic E-state index is 8.70. The molecule has 0 aliphatic rings. The van der Waals surface area contributed by atoms with Crippen LogP contribution in [0.25, 0.3) is 0 Å². The molecule has 0 fully saturated rings. The lowest BCUT2D eigenvalue weighted by atomic mass is 10.1. The van der Waals surface area contributed by atoms with Crippen LogP contribution < -0.4 is 0 Å². The van der Waals surface area contributed by atoms with Gasteiger partial charge >= 0.3 is 0 Å². The molecule has 0 bridgehead atoms. The van der Waals surface area contributed by atoms with Gasteiger partial charge in [0.25, 0.3) is 0 Å². The van der Waals surface area contributed by atoms with Crippen LogP contribution >= 0.6 is 0 Å². The van der Waals surface area contributed by atoms with Crippen LogP contribution in [0.4, 0.5) is 0 Å². The molecule has 0 saturated carbocycles. The van der Waals surface area contributed by atoms with Gasteiger partial charge in [-0.3, -0.25) is 0 Å². The molecule has 0 unspecified atom stereocenters. The Bertz CT molecular complexity index is 299. The summed E-state index contributed by atoms with van der Waals surface area (Å²) in [6, 6.07) is 7.28. The largest absolute Gasteiger partial charge is 0.385 e. The molecule has 11 heavy (non-hydrogen) atoms. The fourth-order valence-electron chi connectivity index (χ4n) is 0.891. The number of hydrogen-bond donors (Lipinski definition) is 1. The van der Waals surface area contributed by atoms with E-state index in [0.29, 0.717) is 11.1 Å². The zero-order valence-corrected chi connectivity index (χ0v) is 6.20. The first-order chi connectivity index (χ1) is 5.27. The molecule has 55 valence electrons. The molecule has 0 saturated heterocycles. The topological polar surface area (TPSA) is 44.0 Å². The molecule has 0 amide bonds. The van der Waals surface area contributed by atoms with Gasteiger partial charge in [-0.15, -0.1) is 0 Å². The van der Waals surface area contributed by atoms with Crippen LogP contribution in [-0.4, -0.2) is 5.11 Å². The van der Waals surface area contributed by atoms with Crippen molar-refractivity contribution in [3.63, 3.8) is 0 Å². The second kappa shape index (κ2) is 3.18. The summed E-state index contributed by atoms with van der Waals surface area (Å²) < 4.78 is 0. The van der Waals surface area contributed by atoms with Crippen molar-refractivity contribution in [2.45, 2.75) is 6.92 Å². The van der Waals surface area contributed by atoms with E-state index in [4.69, 9.17) is 10.4 Å². The second-order valence-corrected chi connectivity index (χ2v) is 2.33. The number of aliphatic hydroxyl groups is 1. The summed E-state index contributed by atoms with van der Waals surface area (Å²) in [6.45, 7) is 2.86. The van der Waals surface area contributed by atoms with Crippen LogP contribution in [0.5, 0.6) is 0 Å². The SMILES string of the molecule is Cc1ccc(C#N)c([CH]O)c1. The first kappa shape index (κ1) is 7.77. The van der Waals surface area contributed by atoms with Crippen molar-refractivity contribution in [3.8, 4) is 6.07 Å². The fourth-order valence-corrected chi connectivity index (χ4v) is 0.891. The molecule has 0 aliphatic heterocycles. The van der Waals surface area contributed by atoms with Crippen LogP contribution in [0.2, 0.25) is 0 Å². The average molecular weight is 146 g/mol. The van der Waals surface area contributed by atoms with E-state index in [1.54, 1.807) is 12.1 Å². The van der Waals surface area contributed by atoms with E-state index in [0.717, 1.165) is 12.2 Å². The number of aryl methyl sites for hydroxylation is 1. The van der Waals surface area contributed by atoms with Gasteiger partial charge in [-0.1, -0.05) is 17.7 Å². The van der Waals surface area contributed by atoms with Gasteiger partial charge < -0.3 is 5.11 Å². The van der Waals surface area contributed by atoms with Crippen LogP contribution in [0.15, 0.2) is 18.2 Å². The van der Waals surface area contributed by atoms with Crippen molar-refractivity contribution < 1.29 is 5.11 Å². The maximum Gasteiger partial charge on any atom is 0.110 e. The highest BCUT2D eigenvalue weighted by Crippen LogP contribution is 2.10. The molecular formula is C9H8NO. The summed E-state index contributed by atoms with van der Waals surface area (Å²) in [4.78, 5) is 0. The molecule has 0 heterocycles. The lowest BCUT2D eigenvalue weighted by Gasteiger charge is -1.99. The number of hydrogen-bond acceptors (Lipinski definition) is 2. The average Bonchev–Trinajstić information content (AvgIpc) is 2.04. The van der Waals surface area contributed by atoms with Crippen LogP contribution in [0.1, 0.15) is 16.7 Å². The zero-order valence-electron chi connectivity index (χ0n) is 6.20. The lowest BCUT2D eigenvalue weighted by Crippen LogP contribution is -1.87. The Morgan fingerprint density at radius 1 is 1.55 bits per heavy atom. The van der Waals surface area contributed by atoms with Crippen LogP contribution in [-0.2, 0) is 0 Å². The zero-order chi connectivity index (χ0) is 8.27. The summed E-state index contributed by atoms with van der Waals surface area (Å²) in [6.07, 6.45) is 0. The minimum absolute atomic E-state index is 0.498. The number of nitrogens with zero attached hydrogens (tertiary/aromatic N) is 1. The van der Waals surface area contributed by atoms with E-state index < -0.39 is 0 Å². The van der Waals surface area contributed by atoms with Gasteiger partial charge in [0.2, 0.25) is 0 Å². The van der Waals surface area contributed by atoms with E-state index >= 15 is 0 Å². The lowest BCUT2D eigenvalue weighted by molar-refractivity contribution is 0.414. The van der Waals surface area contributed by atoms with E-state index in [1.165, 1.54) is 0 Å². The standard InChI is InChI=1S/C9H8NO/c1-7-2-3-8(5-10)9(4-7)6-11/h2-4,6,11H,1H3. The molecule has 0 atom stereocenters. The van der Waals surface area contributed by atoms with Gasteiger partial charge in [-0.05, 0) is 13.0 Å². The molecule has 1 radical (unpaired) electrons. The third kappa shape index (κ3) is 1.57. The smallest absolute Gasteiger partial charge is 0.110 e. The number of nitriles is 1. The minimum Gasteiger partial charge on any atom is -0.385 e. The molecule has 1 aromatic rings. The van der Waals surface area contributed by atoms with E-state index in [9.17, 15) is 0 Å². The highest BCUT2D eigenvalue weighted by atomic mass is 16.3. The molecule has 0 aromatic heterocycles. The van der Waals surface area contributed by atoms with Crippen molar-refractivity contribution in [3.05, 3.63) is 41.5 Å². The van der Waals surface area contributed by atoms with Crippen LogP contribution in [0, 0.1) is 24.9 Å². The third-order valence-corrected chi connectivity index (χ3v) is 1.47. The molecule has 2 nitrogen and oxygen atoms in total. The van der Waals surface area contributed by atoms with Gasteiger partial charge in [0.15, 0.2) is 0 Å². The molecule has 0 aliphatic carbocycles. The van der Waals surface area contributed by atoms with Crippen molar-refractivity contribution in [1.82, 2.24) is 0 Å². The Balaban J connectivity index is 3.19. The molecule has 1 N–H and O–H groups in total. The third-order valence-electron chi connectivity index (χ3n) is 1.47. The Morgan fingerprint density at radius 2 is 2.27 bits per heavy atom. The van der Waals surface area contributed by atoms with Crippen molar-refractivity contribution in [2.75, 3.05) is 0 Å². The van der Waals surface area contributed by atoms with E-state index in [2.05, 4.69) is 0 Å².